The molecule has 124 valence electrons. The number of hydrogen-bond donors (Lipinski definition) is 0. The van der Waals surface area contributed by atoms with Gasteiger partial charge in [-0.05, 0) is 20.8 Å². The lowest BCUT2D eigenvalue weighted by molar-refractivity contribution is -0.154. The van der Waals surface area contributed by atoms with E-state index >= 15 is 0 Å². The van der Waals surface area contributed by atoms with Gasteiger partial charge in [0, 0.05) is 12.8 Å². The van der Waals surface area contributed by atoms with Crippen LogP contribution in [0.3, 0.4) is 0 Å². The first kappa shape index (κ1) is 20.1. The summed E-state index contributed by atoms with van der Waals surface area (Å²) in [6, 6.07) is 0. The summed E-state index contributed by atoms with van der Waals surface area (Å²) in [5, 5.41) is 0. The molecular formula is C12H23O8P. The molecule has 0 aliphatic rings. The number of rotatable bonds is 9. The highest BCUT2D eigenvalue weighted by atomic mass is 31.2. The van der Waals surface area contributed by atoms with Crippen molar-refractivity contribution in [1.29, 1.82) is 0 Å². The van der Waals surface area contributed by atoms with E-state index in [0.717, 1.165) is 0 Å². The van der Waals surface area contributed by atoms with Crippen LogP contribution in [0.4, 0.5) is 0 Å². The zero-order valence-corrected chi connectivity index (χ0v) is 13.9. The molecule has 0 radical (unpaired) electrons. The fourth-order valence-corrected chi connectivity index (χ4v) is 2.16. The zero-order valence-electron chi connectivity index (χ0n) is 13.0. The minimum Gasteiger partial charge on any atom is -0.438 e. The van der Waals surface area contributed by atoms with Crippen molar-refractivity contribution in [3.63, 3.8) is 0 Å². The van der Waals surface area contributed by atoms with Gasteiger partial charge >= 0.3 is 19.8 Å². The fourth-order valence-electron chi connectivity index (χ4n) is 0.943. The summed E-state index contributed by atoms with van der Waals surface area (Å²) in [5.41, 5.74) is -0.834. The molecule has 0 unspecified atom stereocenters. The highest BCUT2D eigenvalue weighted by Crippen LogP contribution is 2.52. The summed E-state index contributed by atoms with van der Waals surface area (Å²) >= 11 is 0. The number of esters is 2. The van der Waals surface area contributed by atoms with E-state index in [9.17, 15) is 14.2 Å². The average Bonchev–Trinajstić information content (AvgIpc) is 2.35. The van der Waals surface area contributed by atoms with Crippen LogP contribution < -0.4 is 0 Å². The lowest BCUT2D eigenvalue weighted by Gasteiger charge is -2.25. The third kappa shape index (κ3) is 10.4. The molecule has 0 saturated heterocycles. The maximum absolute atomic E-state index is 12.3. The average molecular weight is 326 g/mol. The van der Waals surface area contributed by atoms with Crippen molar-refractivity contribution in [3.05, 3.63) is 0 Å². The van der Waals surface area contributed by atoms with Crippen LogP contribution in [0, 0.1) is 0 Å². The van der Waals surface area contributed by atoms with Crippen molar-refractivity contribution in [3.8, 4) is 0 Å². The molecule has 0 aromatic rings. The second-order valence-corrected chi connectivity index (χ2v) is 6.48. The van der Waals surface area contributed by atoms with E-state index in [1.807, 2.05) is 0 Å². The second-order valence-electron chi connectivity index (χ2n) is 4.88. The Balaban J connectivity index is 4.51. The highest BCUT2D eigenvalue weighted by Gasteiger charge is 2.33. The minimum atomic E-state index is -4.03. The summed E-state index contributed by atoms with van der Waals surface area (Å²) < 4.78 is 36.5. The van der Waals surface area contributed by atoms with Gasteiger partial charge in [-0.3, -0.25) is 14.1 Å². The van der Waals surface area contributed by atoms with Crippen LogP contribution in [0.5, 0.6) is 0 Å². The standard InChI is InChI=1S/C12H23O8P/c1-6-10(13)16-8-18-21(15,20-12(3,4)5)19-9-17-11(14)7-2/h6-9H2,1-5H3. The molecule has 0 saturated carbocycles. The van der Waals surface area contributed by atoms with Crippen LogP contribution in [0.25, 0.3) is 0 Å². The third-order valence-corrected chi connectivity index (χ3v) is 3.44. The van der Waals surface area contributed by atoms with Gasteiger partial charge in [-0.25, -0.2) is 13.6 Å². The molecule has 0 aliphatic heterocycles. The van der Waals surface area contributed by atoms with E-state index in [4.69, 9.17) is 13.6 Å². The monoisotopic (exact) mass is 326 g/mol. The van der Waals surface area contributed by atoms with E-state index in [1.54, 1.807) is 34.6 Å². The SMILES string of the molecule is CCC(=O)OCOP(=O)(OCOC(=O)CC)OC(C)(C)C. The number of phosphoric acid groups is 1. The van der Waals surface area contributed by atoms with E-state index in [2.05, 4.69) is 9.47 Å². The smallest absolute Gasteiger partial charge is 0.438 e. The van der Waals surface area contributed by atoms with E-state index in [0.29, 0.717) is 0 Å². The first-order valence-electron chi connectivity index (χ1n) is 6.53. The molecule has 0 aromatic heterocycles. The van der Waals surface area contributed by atoms with Crippen LogP contribution >= 0.6 is 7.82 Å². The number of hydrogen-bond acceptors (Lipinski definition) is 8. The van der Waals surface area contributed by atoms with Crippen LogP contribution in [0.15, 0.2) is 0 Å². The molecule has 0 atom stereocenters. The van der Waals surface area contributed by atoms with Crippen LogP contribution in [0.2, 0.25) is 0 Å². The Morgan fingerprint density at radius 2 is 1.29 bits per heavy atom. The van der Waals surface area contributed by atoms with Crippen molar-refractivity contribution in [2.45, 2.75) is 53.1 Å². The fraction of sp³-hybridized carbons (Fsp3) is 0.833. The van der Waals surface area contributed by atoms with Gasteiger partial charge in [-0.2, -0.15) is 0 Å². The Kier molecular flexibility index (Phi) is 8.73. The lowest BCUT2D eigenvalue weighted by Crippen LogP contribution is -2.21. The van der Waals surface area contributed by atoms with E-state index < -0.39 is 38.9 Å². The van der Waals surface area contributed by atoms with Crippen molar-refractivity contribution in [1.82, 2.24) is 0 Å². The first-order chi connectivity index (χ1) is 9.62. The van der Waals surface area contributed by atoms with Crippen molar-refractivity contribution < 1.29 is 37.2 Å². The van der Waals surface area contributed by atoms with Gasteiger partial charge in [-0.1, -0.05) is 13.8 Å². The number of carbonyl (C=O) groups excluding carboxylic acids is 2. The molecule has 0 heterocycles. The Hall–Kier alpha value is -0.950. The molecule has 0 spiro atoms. The Bertz CT molecular complexity index is 361. The molecular weight excluding hydrogens is 303 g/mol. The van der Waals surface area contributed by atoms with Gasteiger partial charge in [0.2, 0.25) is 13.6 Å². The molecule has 9 heteroatoms. The van der Waals surface area contributed by atoms with Gasteiger partial charge in [-0.15, -0.1) is 0 Å². The quantitative estimate of drug-likeness (QED) is 0.362. The van der Waals surface area contributed by atoms with Crippen LogP contribution in [-0.4, -0.2) is 31.1 Å². The molecule has 21 heavy (non-hydrogen) atoms. The second kappa shape index (κ2) is 9.15. The molecule has 0 rings (SSSR count). The zero-order chi connectivity index (χ0) is 16.5. The predicted molar refractivity (Wildman–Crippen MR) is 73.1 cm³/mol. The third-order valence-electron chi connectivity index (χ3n) is 1.82. The van der Waals surface area contributed by atoms with Crippen LogP contribution in [0.1, 0.15) is 47.5 Å². The Morgan fingerprint density at radius 1 is 0.905 bits per heavy atom. The summed E-state index contributed by atoms with van der Waals surface area (Å²) in [5.74, 6) is -1.04. The van der Waals surface area contributed by atoms with Gasteiger partial charge in [0.05, 0.1) is 5.60 Å². The lowest BCUT2D eigenvalue weighted by atomic mass is 10.2. The van der Waals surface area contributed by atoms with Gasteiger partial charge in [0.1, 0.15) is 0 Å². The summed E-state index contributed by atoms with van der Waals surface area (Å²) in [4.78, 5) is 22.0. The molecule has 0 aliphatic carbocycles. The molecule has 0 aromatic carbocycles. The maximum Gasteiger partial charge on any atom is 0.481 e. The topological polar surface area (TPSA) is 97.4 Å². The van der Waals surface area contributed by atoms with Crippen molar-refractivity contribution >= 4 is 19.8 Å². The largest absolute Gasteiger partial charge is 0.481 e. The molecule has 0 fully saturated rings. The maximum atomic E-state index is 12.3. The summed E-state index contributed by atoms with van der Waals surface area (Å²) in [6.45, 7) is 6.97. The van der Waals surface area contributed by atoms with E-state index in [-0.39, 0.29) is 12.8 Å². The molecule has 8 nitrogen and oxygen atoms in total. The highest BCUT2D eigenvalue weighted by molar-refractivity contribution is 7.48. The van der Waals surface area contributed by atoms with Gasteiger partial charge < -0.3 is 9.47 Å². The molecule has 0 amide bonds. The Morgan fingerprint density at radius 3 is 1.57 bits per heavy atom. The molecule has 0 N–H and O–H groups in total. The number of ether oxygens (including phenoxy) is 2. The van der Waals surface area contributed by atoms with Crippen molar-refractivity contribution in [2.24, 2.45) is 0 Å². The van der Waals surface area contributed by atoms with E-state index in [1.165, 1.54) is 0 Å². The molecule has 0 bridgehead atoms. The number of phosphoric ester groups is 1. The minimum absolute atomic E-state index is 0.156. The van der Waals surface area contributed by atoms with Crippen molar-refractivity contribution in [2.75, 3.05) is 13.6 Å². The Labute approximate surface area is 124 Å². The van der Waals surface area contributed by atoms with Gasteiger partial charge in [0.15, 0.2) is 0 Å². The van der Waals surface area contributed by atoms with Crippen LogP contribution in [-0.2, 0) is 37.2 Å². The number of carbonyl (C=O) groups is 2. The summed E-state index contributed by atoms with van der Waals surface area (Å²) in [6.07, 6.45) is 0.311. The predicted octanol–water partition coefficient (Wildman–Crippen LogP) is 2.76. The van der Waals surface area contributed by atoms with Gasteiger partial charge in [0.25, 0.3) is 0 Å². The summed E-state index contributed by atoms with van der Waals surface area (Å²) in [7, 11) is -4.03. The first-order valence-corrected chi connectivity index (χ1v) is 7.99. The normalized spacial score (nSPS) is 12.0.